The number of aliphatic hydroxyl groups excluding tert-OH is 1. The van der Waals surface area contributed by atoms with Crippen LogP contribution >= 0.6 is 0 Å². The predicted octanol–water partition coefficient (Wildman–Crippen LogP) is 6.10. The number of ether oxygens (including phenoxy) is 1. The average Bonchev–Trinajstić information content (AvgIpc) is 3.02. The Hall–Kier alpha value is -4.53. The molecule has 2 aromatic heterocycles. The molecule has 1 saturated heterocycles. The fraction of sp³-hybridized carbons (Fsp3) is 0.242. The van der Waals surface area contributed by atoms with Gasteiger partial charge in [0, 0.05) is 48.0 Å². The topological polar surface area (TPSA) is 104 Å². The first-order valence-corrected chi connectivity index (χ1v) is 14.1. The van der Waals surface area contributed by atoms with E-state index in [0.29, 0.717) is 24.4 Å². The minimum Gasteiger partial charge on any atom is -0.437 e. The van der Waals surface area contributed by atoms with Gasteiger partial charge in [-0.3, -0.25) is 0 Å². The third-order valence-electron chi connectivity index (χ3n) is 7.41. The van der Waals surface area contributed by atoms with E-state index in [1.807, 2.05) is 79.7 Å². The van der Waals surface area contributed by atoms with Crippen LogP contribution in [0.3, 0.4) is 0 Å². The number of aliphatic hydroxyl groups is 1. The summed E-state index contributed by atoms with van der Waals surface area (Å²) in [4.78, 5) is 13.8. The molecule has 1 aliphatic heterocycles. The highest BCUT2D eigenvalue weighted by molar-refractivity contribution is 5.98. The van der Waals surface area contributed by atoms with Crippen molar-refractivity contribution < 1.29 is 9.84 Å². The van der Waals surface area contributed by atoms with Gasteiger partial charge in [0.25, 0.3) is 0 Å². The van der Waals surface area contributed by atoms with Crippen molar-refractivity contribution in [3.63, 3.8) is 0 Å². The first-order chi connectivity index (χ1) is 20.2. The fourth-order valence-electron chi connectivity index (χ4n) is 5.23. The number of pyridine rings is 1. The standard InChI is InChI=1S/C33H34N6O2/c1-22-14-15-25-26(11-5-13-28(25)37-21-30(40)23-8-3-2-4-9-23)31(22)41-32-27(12-7-18-35-32)29-16-19-36-33(39-29)38-24-10-6-17-34-20-24/h2-5,7-9,11-16,18-19,24,30,34,37,40H,6,10,17,20-21H2,1H3,(H,36,38,39)/t24-,30+/m0/s1. The second-order valence-electron chi connectivity index (χ2n) is 10.3. The van der Waals surface area contributed by atoms with Crippen molar-refractivity contribution in [2.24, 2.45) is 0 Å². The summed E-state index contributed by atoms with van der Waals surface area (Å²) < 4.78 is 6.57. The lowest BCUT2D eigenvalue weighted by Crippen LogP contribution is -2.38. The van der Waals surface area contributed by atoms with E-state index in [-0.39, 0.29) is 0 Å². The van der Waals surface area contributed by atoms with Crippen LogP contribution in [-0.2, 0) is 0 Å². The molecular weight excluding hydrogens is 512 g/mol. The predicted molar refractivity (Wildman–Crippen MR) is 163 cm³/mol. The van der Waals surface area contributed by atoms with Crippen molar-refractivity contribution in [1.82, 2.24) is 20.3 Å². The van der Waals surface area contributed by atoms with Crippen LogP contribution in [0.1, 0.15) is 30.1 Å². The van der Waals surface area contributed by atoms with Crippen LogP contribution in [0.4, 0.5) is 11.6 Å². The summed E-state index contributed by atoms with van der Waals surface area (Å²) in [5.74, 6) is 1.81. The smallest absolute Gasteiger partial charge is 0.228 e. The van der Waals surface area contributed by atoms with Crippen molar-refractivity contribution in [3.05, 3.63) is 102 Å². The van der Waals surface area contributed by atoms with E-state index in [4.69, 9.17) is 9.72 Å². The molecule has 3 aromatic carbocycles. The van der Waals surface area contributed by atoms with E-state index in [0.717, 1.165) is 70.5 Å². The van der Waals surface area contributed by atoms with Crippen LogP contribution in [0.15, 0.2) is 91.3 Å². The van der Waals surface area contributed by atoms with E-state index >= 15 is 0 Å². The molecule has 41 heavy (non-hydrogen) atoms. The number of piperidine rings is 1. The fourth-order valence-corrected chi connectivity index (χ4v) is 5.23. The summed E-state index contributed by atoms with van der Waals surface area (Å²) in [6.45, 7) is 4.37. The zero-order valence-corrected chi connectivity index (χ0v) is 23.0. The highest BCUT2D eigenvalue weighted by Crippen LogP contribution is 2.38. The average molecular weight is 547 g/mol. The molecule has 3 heterocycles. The first kappa shape index (κ1) is 26.7. The highest BCUT2D eigenvalue weighted by atomic mass is 16.5. The molecular formula is C33H34N6O2. The largest absolute Gasteiger partial charge is 0.437 e. The molecule has 0 amide bonds. The molecule has 4 N–H and O–H groups in total. The van der Waals surface area contributed by atoms with Crippen molar-refractivity contribution in [1.29, 1.82) is 0 Å². The van der Waals surface area contributed by atoms with Gasteiger partial charge in [-0.05, 0) is 61.7 Å². The van der Waals surface area contributed by atoms with Crippen LogP contribution in [0.2, 0.25) is 0 Å². The molecule has 0 radical (unpaired) electrons. The number of aryl methyl sites for hydroxylation is 1. The van der Waals surface area contributed by atoms with Gasteiger partial charge in [-0.25, -0.2) is 15.0 Å². The Bertz CT molecular complexity index is 1620. The normalized spacial score (nSPS) is 15.8. The lowest BCUT2D eigenvalue weighted by atomic mass is 10.0. The number of aromatic nitrogens is 3. The molecule has 0 bridgehead atoms. The van der Waals surface area contributed by atoms with Gasteiger partial charge in [-0.2, -0.15) is 0 Å². The Morgan fingerprint density at radius 3 is 2.71 bits per heavy atom. The van der Waals surface area contributed by atoms with Gasteiger partial charge in [0.15, 0.2) is 0 Å². The molecule has 208 valence electrons. The van der Waals surface area contributed by atoms with Gasteiger partial charge < -0.3 is 25.8 Å². The summed E-state index contributed by atoms with van der Waals surface area (Å²) in [6, 6.07) is 25.9. The summed E-state index contributed by atoms with van der Waals surface area (Å²) in [5, 5.41) is 22.9. The maximum absolute atomic E-state index is 10.7. The molecule has 0 spiro atoms. The van der Waals surface area contributed by atoms with Crippen molar-refractivity contribution >= 4 is 22.4 Å². The Labute approximate surface area is 239 Å². The van der Waals surface area contributed by atoms with E-state index in [2.05, 4.69) is 32.0 Å². The van der Waals surface area contributed by atoms with Gasteiger partial charge in [0.05, 0.1) is 17.4 Å². The zero-order chi connectivity index (χ0) is 28.0. The van der Waals surface area contributed by atoms with Crippen LogP contribution in [0.5, 0.6) is 11.6 Å². The van der Waals surface area contributed by atoms with E-state index < -0.39 is 6.10 Å². The number of benzene rings is 3. The summed E-state index contributed by atoms with van der Waals surface area (Å²) in [6.07, 6.45) is 5.09. The molecule has 1 aliphatic rings. The highest BCUT2D eigenvalue weighted by Gasteiger charge is 2.18. The third-order valence-corrected chi connectivity index (χ3v) is 7.41. The van der Waals surface area contributed by atoms with Crippen LogP contribution < -0.4 is 20.7 Å². The Morgan fingerprint density at radius 1 is 0.951 bits per heavy atom. The number of fused-ring (bicyclic) bond motifs is 1. The first-order valence-electron chi connectivity index (χ1n) is 14.1. The number of nitrogens with one attached hydrogen (secondary N) is 3. The SMILES string of the molecule is Cc1ccc2c(NC[C@@H](O)c3ccccc3)cccc2c1Oc1ncccc1-c1ccnc(N[C@H]2CCCNC2)n1. The number of hydrogen-bond donors (Lipinski definition) is 4. The minimum absolute atomic E-state index is 0.304. The second-order valence-corrected chi connectivity index (χ2v) is 10.3. The summed E-state index contributed by atoms with van der Waals surface area (Å²) in [5.41, 5.74) is 4.32. The summed E-state index contributed by atoms with van der Waals surface area (Å²) >= 11 is 0. The quantitative estimate of drug-likeness (QED) is 0.176. The van der Waals surface area contributed by atoms with Crippen LogP contribution in [0, 0.1) is 6.92 Å². The minimum atomic E-state index is -0.620. The number of nitrogens with zero attached hydrogens (tertiary/aromatic N) is 3. The van der Waals surface area contributed by atoms with Gasteiger partial charge in [0.1, 0.15) is 5.75 Å². The summed E-state index contributed by atoms with van der Waals surface area (Å²) in [7, 11) is 0. The number of hydrogen-bond acceptors (Lipinski definition) is 8. The van der Waals surface area contributed by atoms with Crippen molar-refractivity contribution in [2.45, 2.75) is 31.9 Å². The number of anilines is 2. The maximum Gasteiger partial charge on any atom is 0.228 e. The van der Waals surface area contributed by atoms with Gasteiger partial charge in [0.2, 0.25) is 11.8 Å². The van der Waals surface area contributed by atoms with Gasteiger partial charge in [-0.15, -0.1) is 0 Å². The van der Waals surface area contributed by atoms with Crippen LogP contribution in [0.25, 0.3) is 22.0 Å². The molecule has 0 aliphatic carbocycles. The van der Waals surface area contributed by atoms with Crippen LogP contribution in [-0.4, -0.2) is 45.7 Å². The van der Waals surface area contributed by atoms with Crippen molar-refractivity contribution in [2.75, 3.05) is 30.3 Å². The molecule has 8 heteroatoms. The zero-order valence-electron chi connectivity index (χ0n) is 23.0. The Kier molecular flexibility index (Phi) is 8.02. The monoisotopic (exact) mass is 546 g/mol. The molecule has 6 rings (SSSR count). The molecule has 1 fully saturated rings. The molecule has 2 atom stereocenters. The van der Waals surface area contributed by atoms with Gasteiger partial charge in [-0.1, -0.05) is 54.6 Å². The molecule has 0 saturated carbocycles. The third kappa shape index (κ3) is 6.14. The lowest BCUT2D eigenvalue weighted by Gasteiger charge is -2.23. The lowest BCUT2D eigenvalue weighted by molar-refractivity contribution is 0.191. The molecule has 0 unspecified atom stereocenters. The number of rotatable bonds is 9. The Balaban J connectivity index is 1.27. The molecule has 5 aromatic rings. The molecule has 8 nitrogen and oxygen atoms in total. The van der Waals surface area contributed by atoms with E-state index in [1.54, 1.807) is 12.4 Å². The second kappa shape index (κ2) is 12.3. The van der Waals surface area contributed by atoms with E-state index in [9.17, 15) is 5.11 Å². The van der Waals surface area contributed by atoms with Crippen molar-refractivity contribution in [3.8, 4) is 22.9 Å². The van der Waals surface area contributed by atoms with Gasteiger partial charge >= 0.3 is 0 Å². The van der Waals surface area contributed by atoms with E-state index in [1.165, 1.54) is 0 Å². The maximum atomic E-state index is 10.7. The Morgan fingerprint density at radius 2 is 1.85 bits per heavy atom.